The van der Waals surface area contributed by atoms with Gasteiger partial charge in [-0.05, 0) is 19.9 Å². The van der Waals surface area contributed by atoms with Gasteiger partial charge < -0.3 is 23.8 Å². The fraction of sp³-hybridized carbons (Fsp3) is 0.333. The number of carboxylic acids is 1. The summed E-state index contributed by atoms with van der Waals surface area (Å²) in [4.78, 5) is 10.9. The fourth-order valence-corrected chi connectivity index (χ4v) is 1.92. The second-order valence-electron chi connectivity index (χ2n) is 4.75. The molecule has 22 heavy (non-hydrogen) atoms. The monoisotopic (exact) mass is 307 g/mol. The van der Waals surface area contributed by atoms with Crippen LogP contribution < -0.4 is 14.2 Å². The van der Waals surface area contributed by atoms with E-state index in [4.69, 9.17) is 23.8 Å². The minimum atomic E-state index is -1.19. The molecule has 0 fully saturated rings. The third-order valence-corrected chi connectivity index (χ3v) is 2.85. The van der Waals surface area contributed by atoms with Crippen molar-refractivity contribution in [1.29, 1.82) is 0 Å². The molecule has 1 N–H and O–H groups in total. The minimum absolute atomic E-state index is 0.0323. The maximum Gasteiger partial charge on any atom is 0.374 e. The number of ether oxygens (including phenoxy) is 3. The molecule has 0 radical (unpaired) electrons. The first-order valence-corrected chi connectivity index (χ1v) is 6.59. The normalized spacial score (nSPS) is 10.6. The van der Waals surface area contributed by atoms with Gasteiger partial charge in [-0.1, -0.05) is 5.16 Å². The molecule has 0 saturated heterocycles. The summed E-state index contributed by atoms with van der Waals surface area (Å²) in [6.07, 6.45) is -0.0323. The van der Waals surface area contributed by atoms with Crippen molar-refractivity contribution in [3.63, 3.8) is 0 Å². The number of methoxy groups -OCH3 is 2. The van der Waals surface area contributed by atoms with E-state index in [1.54, 1.807) is 12.1 Å². The minimum Gasteiger partial charge on any atom is -0.496 e. The lowest BCUT2D eigenvalue weighted by atomic mass is 10.1. The Bertz CT molecular complexity index is 677. The van der Waals surface area contributed by atoms with Crippen molar-refractivity contribution in [3.8, 4) is 28.5 Å². The highest BCUT2D eigenvalue weighted by Crippen LogP contribution is 2.40. The molecule has 7 heteroatoms. The fourth-order valence-electron chi connectivity index (χ4n) is 1.92. The van der Waals surface area contributed by atoms with Crippen molar-refractivity contribution in [2.75, 3.05) is 14.2 Å². The molecule has 2 rings (SSSR count). The van der Waals surface area contributed by atoms with E-state index in [9.17, 15) is 4.79 Å². The van der Waals surface area contributed by atoms with Crippen LogP contribution in [-0.2, 0) is 0 Å². The summed E-state index contributed by atoms with van der Waals surface area (Å²) in [6.45, 7) is 3.80. The molecule has 0 saturated carbocycles. The first-order valence-electron chi connectivity index (χ1n) is 6.59. The zero-order chi connectivity index (χ0) is 16.3. The summed E-state index contributed by atoms with van der Waals surface area (Å²) in [6, 6.07) is 4.66. The molecule has 0 amide bonds. The van der Waals surface area contributed by atoms with Crippen LogP contribution >= 0.6 is 0 Å². The third-order valence-electron chi connectivity index (χ3n) is 2.85. The summed E-state index contributed by atoms with van der Waals surface area (Å²) >= 11 is 0. The number of hydrogen-bond acceptors (Lipinski definition) is 6. The number of nitrogens with zero attached hydrogens (tertiary/aromatic N) is 1. The average Bonchev–Trinajstić information content (AvgIpc) is 2.96. The van der Waals surface area contributed by atoms with Gasteiger partial charge in [0.2, 0.25) is 5.76 Å². The highest BCUT2D eigenvalue weighted by Gasteiger charge is 2.19. The molecular weight excluding hydrogens is 290 g/mol. The molecule has 1 heterocycles. The van der Waals surface area contributed by atoms with E-state index in [0.29, 0.717) is 28.5 Å². The largest absolute Gasteiger partial charge is 0.496 e. The lowest BCUT2D eigenvalue weighted by molar-refractivity contribution is 0.0652. The van der Waals surface area contributed by atoms with Crippen LogP contribution in [0.2, 0.25) is 0 Å². The van der Waals surface area contributed by atoms with Crippen molar-refractivity contribution in [2.45, 2.75) is 20.0 Å². The van der Waals surface area contributed by atoms with Crippen molar-refractivity contribution >= 4 is 5.97 Å². The Morgan fingerprint density at radius 2 is 1.82 bits per heavy atom. The van der Waals surface area contributed by atoms with Gasteiger partial charge in [-0.3, -0.25) is 0 Å². The number of hydrogen-bond donors (Lipinski definition) is 1. The molecule has 0 atom stereocenters. The van der Waals surface area contributed by atoms with Gasteiger partial charge in [0, 0.05) is 17.7 Å². The van der Waals surface area contributed by atoms with Crippen LogP contribution in [-0.4, -0.2) is 36.6 Å². The van der Waals surface area contributed by atoms with Gasteiger partial charge >= 0.3 is 5.97 Å². The van der Waals surface area contributed by atoms with E-state index in [-0.39, 0.29) is 11.9 Å². The van der Waals surface area contributed by atoms with Gasteiger partial charge in [0.25, 0.3) is 0 Å². The molecule has 1 aromatic heterocycles. The van der Waals surface area contributed by atoms with E-state index in [1.807, 2.05) is 13.8 Å². The van der Waals surface area contributed by atoms with E-state index < -0.39 is 5.97 Å². The van der Waals surface area contributed by atoms with Crippen LogP contribution in [0, 0.1) is 0 Å². The van der Waals surface area contributed by atoms with Crippen LogP contribution in [0.25, 0.3) is 11.3 Å². The summed E-state index contributed by atoms with van der Waals surface area (Å²) in [5.74, 6) is 0.0501. The molecule has 0 aliphatic heterocycles. The van der Waals surface area contributed by atoms with Gasteiger partial charge in [-0.15, -0.1) is 0 Å². The molecule has 2 aromatic rings. The second kappa shape index (κ2) is 6.38. The third kappa shape index (κ3) is 3.13. The summed E-state index contributed by atoms with van der Waals surface area (Å²) in [7, 11) is 3.02. The lowest BCUT2D eigenvalue weighted by Crippen LogP contribution is -2.07. The topological polar surface area (TPSA) is 91.0 Å². The average molecular weight is 307 g/mol. The predicted molar refractivity (Wildman–Crippen MR) is 77.8 cm³/mol. The van der Waals surface area contributed by atoms with Gasteiger partial charge in [-0.25, -0.2) is 4.79 Å². The number of carboxylic acid groups (broad SMARTS) is 1. The van der Waals surface area contributed by atoms with Gasteiger partial charge in [0.05, 0.1) is 20.3 Å². The summed E-state index contributed by atoms with van der Waals surface area (Å²) in [5.41, 5.74) is 0.885. The standard InChI is InChI=1S/C15H17NO6/c1-8(2)21-13-7-11(19-3)9(5-12(13)20-4)10-6-14(15(17)18)22-16-10/h5-8H,1-4H3,(H,17,18). The smallest absolute Gasteiger partial charge is 0.374 e. The number of benzene rings is 1. The van der Waals surface area contributed by atoms with Crippen LogP contribution in [0.1, 0.15) is 24.4 Å². The highest BCUT2D eigenvalue weighted by molar-refractivity contribution is 5.86. The van der Waals surface area contributed by atoms with Gasteiger partial charge in [-0.2, -0.15) is 0 Å². The van der Waals surface area contributed by atoms with E-state index in [2.05, 4.69) is 5.16 Å². The molecular formula is C15H17NO6. The number of carbonyl (C=O) groups is 1. The van der Waals surface area contributed by atoms with Crippen molar-refractivity contribution < 1.29 is 28.6 Å². The first-order chi connectivity index (χ1) is 10.5. The summed E-state index contributed by atoms with van der Waals surface area (Å²) < 4.78 is 21.1. The Balaban J connectivity index is 2.52. The first kappa shape index (κ1) is 15.7. The molecule has 118 valence electrons. The molecule has 0 aliphatic rings. The number of aromatic carboxylic acids is 1. The Morgan fingerprint density at radius 3 is 2.32 bits per heavy atom. The lowest BCUT2D eigenvalue weighted by Gasteiger charge is -2.16. The summed E-state index contributed by atoms with van der Waals surface area (Å²) in [5, 5.41) is 12.7. The Hall–Kier alpha value is -2.70. The van der Waals surface area contributed by atoms with E-state index >= 15 is 0 Å². The van der Waals surface area contributed by atoms with Crippen LogP contribution in [0.3, 0.4) is 0 Å². The van der Waals surface area contributed by atoms with Gasteiger partial charge in [0.15, 0.2) is 11.5 Å². The zero-order valence-electron chi connectivity index (χ0n) is 12.7. The Kier molecular flexibility index (Phi) is 4.55. The predicted octanol–water partition coefficient (Wildman–Crippen LogP) is 2.84. The molecule has 0 bridgehead atoms. The van der Waals surface area contributed by atoms with Crippen LogP contribution in [0.15, 0.2) is 22.7 Å². The van der Waals surface area contributed by atoms with E-state index in [1.165, 1.54) is 20.3 Å². The molecule has 1 aromatic carbocycles. The van der Waals surface area contributed by atoms with Crippen molar-refractivity contribution in [3.05, 3.63) is 24.0 Å². The second-order valence-corrected chi connectivity index (χ2v) is 4.75. The maximum absolute atomic E-state index is 10.9. The van der Waals surface area contributed by atoms with Gasteiger partial charge in [0.1, 0.15) is 11.4 Å². The number of rotatable bonds is 6. The Morgan fingerprint density at radius 1 is 1.14 bits per heavy atom. The molecule has 7 nitrogen and oxygen atoms in total. The highest BCUT2D eigenvalue weighted by atomic mass is 16.5. The zero-order valence-corrected chi connectivity index (χ0v) is 12.7. The molecule has 0 aliphatic carbocycles. The SMILES string of the molecule is COc1cc(-c2cc(C(=O)O)on2)c(OC)cc1OC(C)C. The van der Waals surface area contributed by atoms with E-state index in [0.717, 1.165) is 0 Å². The quantitative estimate of drug-likeness (QED) is 0.877. The van der Waals surface area contributed by atoms with Crippen LogP contribution in [0.4, 0.5) is 0 Å². The number of aromatic nitrogens is 1. The Labute approximate surface area is 127 Å². The maximum atomic E-state index is 10.9. The van der Waals surface area contributed by atoms with Crippen molar-refractivity contribution in [2.24, 2.45) is 0 Å². The van der Waals surface area contributed by atoms with Crippen LogP contribution in [0.5, 0.6) is 17.2 Å². The molecule has 0 unspecified atom stereocenters. The van der Waals surface area contributed by atoms with Crippen molar-refractivity contribution in [1.82, 2.24) is 5.16 Å². The molecule has 0 spiro atoms.